The average molecular weight is 440 g/mol. The third-order valence-corrected chi connectivity index (χ3v) is 6.50. The van der Waals surface area contributed by atoms with E-state index in [1.54, 1.807) is 4.90 Å². The van der Waals surface area contributed by atoms with Crippen LogP contribution in [-0.4, -0.2) is 22.0 Å². The fraction of sp³-hybridized carbons (Fsp3) is 0.115. The molecule has 0 aliphatic heterocycles. The first kappa shape index (κ1) is 20.2. The Bertz CT molecular complexity index is 1490. The number of aromatic nitrogens is 2. The monoisotopic (exact) mass is 439 g/mol. The predicted octanol–water partition coefficient (Wildman–Crippen LogP) is 5.33. The van der Waals surface area contributed by atoms with E-state index in [0.29, 0.717) is 16.8 Å². The van der Waals surface area contributed by atoms with Crippen molar-refractivity contribution in [2.45, 2.75) is 13.5 Å². The molecule has 158 valence electrons. The van der Waals surface area contributed by atoms with E-state index in [1.165, 1.54) is 22.2 Å². The first-order valence-electron chi connectivity index (χ1n) is 10.5. The zero-order valence-corrected chi connectivity index (χ0v) is 18.4. The number of anilines is 1. The summed E-state index contributed by atoms with van der Waals surface area (Å²) < 4.78 is 1.41. The van der Waals surface area contributed by atoms with Crippen molar-refractivity contribution < 1.29 is 4.79 Å². The SMILES string of the molecule is CCN(C(=O)Cn1cnc2scc(-c3ccc4ccccc4c3)c2c1=O)c1ccccc1. The quantitative estimate of drug-likeness (QED) is 0.372. The highest BCUT2D eigenvalue weighted by atomic mass is 32.1. The molecule has 0 radical (unpaired) electrons. The summed E-state index contributed by atoms with van der Waals surface area (Å²) >= 11 is 1.44. The van der Waals surface area contributed by atoms with Gasteiger partial charge in [-0.2, -0.15) is 0 Å². The Kier molecular flexibility index (Phi) is 5.29. The van der Waals surface area contributed by atoms with Gasteiger partial charge in [0, 0.05) is 23.2 Å². The lowest BCUT2D eigenvalue weighted by molar-refractivity contribution is -0.119. The fourth-order valence-electron chi connectivity index (χ4n) is 3.99. The van der Waals surface area contributed by atoms with Gasteiger partial charge in [-0.05, 0) is 41.5 Å². The topological polar surface area (TPSA) is 55.2 Å². The summed E-state index contributed by atoms with van der Waals surface area (Å²) in [4.78, 5) is 33.2. The van der Waals surface area contributed by atoms with Crippen LogP contribution in [0.15, 0.2) is 89.3 Å². The number of hydrogen-bond donors (Lipinski definition) is 0. The molecule has 2 aromatic heterocycles. The van der Waals surface area contributed by atoms with Crippen LogP contribution in [0.3, 0.4) is 0 Å². The van der Waals surface area contributed by atoms with Crippen LogP contribution in [-0.2, 0) is 11.3 Å². The molecule has 2 heterocycles. The Labute approximate surface area is 189 Å². The van der Waals surface area contributed by atoms with E-state index in [9.17, 15) is 9.59 Å². The van der Waals surface area contributed by atoms with Gasteiger partial charge >= 0.3 is 0 Å². The van der Waals surface area contributed by atoms with Crippen LogP contribution in [0, 0.1) is 0 Å². The van der Waals surface area contributed by atoms with E-state index < -0.39 is 0 Å². The second-order valence-electron chi connectivity index (χ2n) is 7.54. The summed E-state index contributed by atoms with van der Waals surface area (Å²) in [6, 6.07) is 23.8. The van der Waals surface area contributed by atoms with Crippen molar-refractivity contribution in [3.05, 3.63) is 94.9 Å². The van der Waals surface area contributed by atoms with E-state index in [0.717, 1.165) is 27.6 Å². The Morgan fingerprint density at radius 3 is 2.53 bits per heavy atom. The maximum atomic E-state index is 13.4. The molecule has 0 spiro atoms. The lowest BCUT2D eigenvalue weighted by atomic mass is 10.0. The fourth-order valence-corrected chi connectivity index (χ4v) is 4.90. The average Bonchev–Trinajstić information content (AvgIpc) is 3.27. The highest BCUT2D eigenvalue weighted by molar-refractivity contribution is 7.17. The molecule has 5 rings (SSSR count). The summed E-state index contributed by atoms with van der Waals surface area (Å²) in [6.07, 6.45) is 1.47. The van der Waals surface area contributed by atoms with Crippen LogP contribution < -0.4 is 10.5 Å². The number of para-hydroxylation sites is 1. The maximum absolute atomic E-state index is 13.4. The van der Waals surface area contributed by atoms with Gasteiger partial charge in [-0.1, -0.05) is 54.6 Å². The minimum atomic E-state index is -0.197. The molecule has 0 aliphatic carbocycles. The van der Waals surface area contributed by atoms with Gasteiger partial charge in [0.1, 0.15) is 11.4 Å². The molecule has 0 bridgehead atoms. The molecule has 0 atom stereocenters. The number of thiophene rings is 1. The molecule has 1 amide bonds. The number of nitrogens with zero attached hydrogens (tertiary/aromatic N) is 3. The van der Waals surface area contributed by atoms with Gasteiger partial charge in [-0.3, -0.25) is 14.2 Å². The third kappa shape index (κ3) is 3.59. The number of fused-ring (bicyclic) bond motifs is 2. The number of likely N-dealkylation sites (N-methyl/N-ethyl adjacent to an activating group) is 1. The van der Waals surface area contributed by atoms with Gasteiger partial charge in [0.25, 0.3) is 5.56 Å². The zero-order chi connectivity index (χ0) is 22.1. The molecule has 3 aromatic carbocycles. The minimum Gasteiger partial charge on any atom is -0.311 e. The van der Waals surface area contributed by atoms with Gasteiger partial charge in [-0.15, -0.1) is 11.3 Å². The van der Waals surface area contributed by atoms with Crippen molar-refractivity contribution in [3.63, 3.8) is 0 Å². The lowest BCUT2D eigenvalue weighted by Gasteiger charge is -2.21. The molecular weight excluding hydrogens is 418 g/mol. The van der Waals surface area contributed by atoms with Gasteiger partial charge < -0.3 is 4.90 Å². The molecule has 0 aliphatic rings. The number of benzene rings is 3. The van der Waals surface area contributed by atoms with E-state index in [4.69, 9.17) is 0 Å². The van der Waals surface area contributed by atoms with E-state index in [-0.39, 0.29) is 18.0 Å². The van der Waals surface area contributed by atoms with Crippen molar-refractivity contribution >= 4 is 43.9 Å². The van der Waals surface area contributed by atoms with Crippen molar-refractivity contribution in [2.75, 3.05) is 11.4 Å². The number of carbonyl (C=O) groups is 1. The van der Waals surface area contributed by atoms with Crippen molar-refractivity contribution in [1.82, 2.24) is 9.55 Å². The first-order chi connectivity index (χ1) is 15.7. The van der Waals surface area contributed by atoms with Crippen molar-refractivity contribution in [1.29, 1.82) is 0 Å². The van der Waals surface area contributed by atoms with E-state index >= 15 is 0 Å². The first-order valence-corrected chi connectivity index (χ1v) is 11.3. The summed E-state index contributed by atoms with van der Waals surface area (Å²) in [5, 5.41) is 4.79. The van der Waals surface area contributed by atoms with Crippen LogP contribution in [0.1, 0.15) is 6.92 Å². The van der Waals surface area contributed by atoms with Crippen LogP contribution in [0.5, 0.6) is 0 Å². The van der Waals surface area contributed by atoms with Crippen molar-refractivity contribution in [2.24, 2.45) is 0 Å². The molecule has 0 unspecified atom stereocenters. The molecule has 5 nitrogen and oxygen atoms in total. The van der Waals surface area contributed by atoms with Gasteiger partial charge in [0.2, 0.25) is 5.91 Å². The zero-order valence-electron chi connectivity index (χ0n) is 17.6. The largest absolute Gasteiger partial charge is 0.311 e. The normalized spacial score (nSPS) is 11.2. The highest BCUT2D eigenvalue weighted by Crippen LogP contribution is 2.32. The predicted molar refractivity (Wildman–Crippen MR) is 131 cm³/mol. The van der Waals surface area contributed by atoms with Crippen LogP contribution in [0.2, 0.25) is 0 Å². The Morgan fingerprint density at radius 2 is 1.75 bits per heavy atom. The van der Waals surface area contributed by atoms with E-state index in [1.807, 2.05) is 60.8 Å². The summed E-state index contributed by atoms with van der Waals surface area (Å²) in [6.45, 7) is 2.39. The maximum Gasteiger partial charge on any atom is 0.263 e. The molecule has 0 saturated heterocycles. The van der Waals surface area contributed by atoms with E-state index in [2.05, 4.69) is 29.2 Å². The Morgan fingerprint density at radius 1 is 1.00 bits per heavy atom. The van der Waals surface area contributed by atoms with Crippen LogP contribution in [0.25, 0.3) is 32.1 Å². The molecular formula is C26H21N3O2S. The number of amides is 1. The van der Waals surface area contributed by atoms with Crippen LogP contribution in [0.4, 0.5) is 5.69 Å². The molecule has 5 aromatic rings. The molecule has 0 saturated carbocycles. The summed E-state index contributed by atoms with van der Waals surface area (Å²) in [5.41, 5.74) is 2.44. The number of carbonyl (C=O) groups excluding carboxylic acids is 1. The molecule has 32 heavy (non-hydrogen) atoms. The highest BCUT2D eigenvalue weighted by Gasteiger charge is 2.18. The summed E-state index contributed by atoms with van der Waals surface area (Å²) in [5.74, 6) is -0.149. The molecule has 0 fully saturated rings. The third-order valence-electron chi connectivity index (χ3n) is 5.61. The smallest absolute Gasteiger partial charge is 0.263 e. The van der Waals surface area contributed by atoms with Gasteiger partial charge in [0.05, 0.1) is 11.7 Å². The summed E-state index contributed by atoms with van der Waals surface area (Å²) in [7, 11) is 0. The van der Waals surface area contributed by atoms with Crippen molar-refractivity contribution in [3.8, 4) is 11.1 Å². The Balaban J connectivity index is 1.54. The standard InChI is InChI=1S/C26H21N3O2S/c1-2-29(21-10-4-3-5-11-21)23(30)15-28-17-27-25-24(26(28)31)22(16-32-25)20-13-12-18-8-6-7-9-19(18)14-20/h3-14,16-17H,2,15H2,1H3. The second-order valence-corrected chi connectivity index (χ2v) is 8.40. The number of rotatable bonds is 5. The molecule has 0 N–H and O–H groups in total. The lowest BCUT2D eigenvalue weighted by Crippen LogP contribution is -2.36. The minimum absolute atomic E-state index is 0.0580. The Hall–Kier alpha value is -3.77. The van der Waals surface area contributed by atoms with Crippen LogP contribution >= 0.6 is 11.3 Å². The van der Waals surface area contributed by atoms with Gasteiger partial charge in [0.15, 0.2) is 0 Å². The molecule has 6 heteroatoms. The van der Waals surface area contributed by atoms with Gasteiger partial charge in [-0.25, -0.2) is 4.98 Å². The number of hydrogen-bond acceptors (Lipinski definition) is 4. The second kappa shape index (κ2) is 8.40.